The van der Waals surface area contributed by atoms with Crippen molar-refractivity contribution in [2.24, 2.45) is 0 Å². The zero-order valence-electron chi connectivity index (χ0n) is 14.7. The van der Waals surface area contributed by atoms with Crippen LogP contribution in [-0.4, -0.2) is 47.8 Å². The molecule has 0 fully saturated rings. The number of aliphatic hydroxyl groups is 1. The van der Waals surface area contributed by atoms with E-state index in [1.54, 1.807) is 0 Å². The minimum atomic E-state index is -0.608. The lowest BCUT2D eigenvalue weighted by Crippen LogP contribution is -2.35. The molecule has 1 atom stereocenters. The maximum atomic E-state index is 12.0. The summed E-state index contributed by atoms with van der Waals surface area (Å²) in [6.45, 7) is 7.37. The fourth-order valence-corrected chi connectivity index (χ4v) is 2.48. The molecule has 0 spiro atoms. The van der Waals surface area contributed by atoms with Crippen molar-refractivity contribution in [2.45, 2.75) is 52.2 Å². The van der Waals surface area contributed by atoms with Gasteiger partial charge in [0.25, 0.3) is 11.1 Å². The summed E-state index contributed by atoms with van der Waals surface area (Å²) in [5.41, 5.74) is 0. The van der Waals surface area contributed by atoms with Crippen LogP contribution < -0.4 is 15.4 Å². The highest BCUT2D eigenvalue weighted by Crippen LogP contribution is 2.20. The molecule has 1 amide bonds. The maximum Gasteiger partial charge on any atom is 0.273 e. The minimum Gasteiger partial charge on any atom is -0.467 e. The second-order valence-corrected chi connectivity index (χ2v) is 6.82. The Balaban J connectivity index is 2.27. The Hall–Kier alpha value is -1.44. The molecule has 24 heavy (non-hydrogen) atoms. The van der Waals surface area contributed by atoms with Crippen molar-refractivity contribution in [3.8, 4) is 5.19 Å². The number of aliphatic hydroxyl groups excluding tert-OH is 1. The maximum absolute atomic E-state index is 12.0. The van der Waals surface area contributed by atoms with E-state index >= 15 is 0 Å². The number of amides is 1. The number of aromatic nitrogens is 1. The number of nitrogens with one attached hydrogen (secondary N) is 2. The number of unbranched alkanes of at least 4 members (excludes halogenated alkanes) is 1. The Morgan fingerprint density at radius 3 is 2.88 bits per heavy atom. The first kappa shape index (κ1) is 20.6. The lowest BCUT2D eigenvalue weighted by atomic mass is 10.3. The third kappa shape index (κ3) is 9.00. The first-order chi connectivity index (χ1) is 11.5. The Kier molecular flexibility index (Phi) is 10.3. The Bertz CT molecular complexity index is 503. The molecule has 1 heterocycles. The number of ether oxygens (including phenoxy) is 1. The average molecular weight is 356 g/mol. The fraction of sp³-hybridized carbons (Fsp3) is 0.647. The lowest BCUT2D eigenvalue weighted by Gasteiger charge is -2.13. The number of rotatable bonds is 12. The summed E-state index contributed by atoms with van der Waals surface area (Å²) in [5, 5.41) is 16.2. The van der Waals surface area contributed by atoms with Gasteiger partial charge in [0, 0.05) is 19.1 Å². The van der Waals surface area contributed by atoms with E-state index in [2.05, 4.69) is 34.7 Å². The van der Waals surface area contributed by atoms with E-state index in [0.29, 0.717) is 29.2 Å². The number of thiazole rings is 1. The lowest BCUT2D eigenvalue weighted by molar-refractivity contribution is 0.0958. The van der Waals surface area contributed by atoms with E-state index in [9.17, 15) is 9.90 Å². The second kappa shape index (κ2) is 12.0. The van der Waals surface area contributed by atoms with Gasteiger partial charge in [-0.25, -0.2) is 4.98 Å². The van der Waals surface area contributed by atoms with Crippen LogP contribution >= 0.6 is 11.3 Å². The number of hydrogen-bond donors (Lipinski definition) is 3. The smallest absolute Gasteiger partial charge is 0.273 e. The van der Waals surface area contributed by atoms with Gasteiger partial charge in [0.15, 0.2) is 0 Å². The zero-order valence-corrected chi connectivity index (χ0v) is 15.6. The van der Waals surface area contributed by atoms with Gasteiger partial charge in [0.2, 0.25) is 0 Å². The molecular formula is C17H29N3O3S. The first-order valence-electron chi connectivity index (χ1n) is 8.46. The summed E-state index contributed by atoms with van der Waals surface area (Å²) in [6, 6.07) is 0.312. The van der Waals surface area contributed by atoms with Crippen molar-refractivity contribution in [3.05, 3.63) is 23.2 Å². The molecule has 136 valence electrons. The monoisotopic (exact) mass is 355 g/mol. The van der Waals surface area contributed by atoms with Gasteiger partial charge >= 0.3 is 0 Å². The Morgan fingerprint density at radius 1 is 1.42 bits per heavy atom. The minimum absolute atomic E-state index is 0.145. The Morgan fingerprint density at radius 2 is 2.17 bits per heavy atom. The molecule has 0 aromatic carbocycles. The fourth-order valence-electron chi connectivity index (χ4n) is 1.79. The van der Waals surface area contributed by atoms with Gasteiger partial charge in [-0.15, -0.1) is 0 Å². The van der Waals surface area contributed by atoms with E-state index in [0.717, 1.165) is 19.3 Å². The quantitative estimate of drug-likeness (QED) is 0.396. The highest BCUT2D eigenvalue weighted by atomic mass is 32.1. The molecule has 0 radical (unpaired) electrons. The van der Waals surface area contributed by atoms with Crippen LogP contribution in [0.2, 0.25) is 0 Å². The molecule has 0 aliphatic rings. The van der Waals surface area contributed by atoms with Crippen LogP contribution in [0, 0.1) is 0 Å². The molecule has 0 bridgehead atoms. The van der Waals surface area contributed by atoms with Crippen LogP contribution in [0.25, 0.3) is 0 Å². The van der Waals surface area contributed by atoms with Crippen molar-refractivity contribution in [1.29, 1.82) is 0 Å². The predicted molar refractivity (Wildman–Crippen MR) is 97.8 cm³/mol. The number of allylic oxidation sites excluding steroid dienone is 1. The van der Waals surface area contributed by atoms with Crippen LogP contribution in [0.4, 0.5) is 0 Å². The van der Waals surface area contributed by atoms with Crippen LogP contribution in [0.5, 0.6) is 5.19 Å². The van der Waals surface area contributed by atoms with Gasteiger partial charge in [0.1, 0.15) is 17.6 Å². The molecular weight excluding hydrogens is 326 g/mol. The van der Waals surface area contributed by atoms with Crippen molar-refractivity contribution in [1.82, 2.24) is 15.6 Å². The van der Waals surface area contributed by atoms with Crippen molar-refractivity contribution >= 4 is 17.2 Å². The van der Waals surface area contributed by atoms with Crippen LogP contribution in [0.15, 0.2) is 18.3 Å². The normalized spacial score (nSPS) is 12.7. The zero-order chi connectivity index (χ0) is 17.8. The summed E-state index contributed by atoms with van der Waals surface area (Å²) >= 11 is 1.18. The van der Waals surface area contributed by atoms with E-state index < -0.39 is 6.10 Å². The summed E-state index contributed by atoms with van der Waals surface area (Å²) in [6.07, 6.45) is 8.13. The number of nitrogens with zero attached hydrogens (tertiary/aromatic N) is 1. The molecule has 1 rings (SSSR count). The van der Waals surface area contributed by atoms with Gasteiger partial charge in [-0.05, 0) is 12.8 Å². The summed E-state index contributed by atoms with van der Waals surface area (Å²) < 4.78 is 5.43. The third-order valence-corrected chi connectivity index (χ3v) is 4.00. The molecule has 1 aromatic heterocycles. The van der Waals surface area contributed by atoms with Gasteiger partial charge in [-0.3, -0.25) is 4.79 Å². The van der Waals surface area contributed by atoms with Gasteiger partial charge in [-0.2, -0.15) is 0 Å². The highest BCUT2D eigenvalue weighted by molar-refractivity contribution is 7.15. The highest BCUT2D eigenvalue weighted by Gasteiger charge is 2.12. The predicted octanol–water partition coefficient (Wildman–Crippen LogP) is 2.36. The topological polar surface area (TPSA) is 83.5 Å². The summed E-state index contributed by atoms with van der Waals surface area (Å²) in [4.78, 5) is 16.6. The van der Waals surface area contributed by atoms with Gasteiger partial charge in [-0.1, -0.05) is 50.7 Å². The number of hydrogen-bond acceptors (Lipinski definition) is 6. The summed E-state index contributed by atoms with van der Waals surface area (Å²) in [5.74, 6) is -0.145. The SMILES string of the molecule is CCC/C=C\CCNC(=O)c1cnc(OCC(O)CNC(C)C)s1. The molecule has 0 saturated heterocycles. The molecule has 1 unspecified atom stereocenters. The molecule has 1 aromatic rings. The van der Waals surface area contributed by atoms with E-state index in [-0.39, 0.29) is 12.5 Å². The molecule has 0 aliphatic carbocycles. The summed E-state index contributed by atoms with van der Waals surface area (Å²) in [7, 11) is 0. The van der Waals surface area contributed by atoms with Crippen LogP contribution in [0.3, 0.4) is 0 Å². The average Bonchev–Trinajstić information content (AvgIpc) is 3.03. The number of carbonyl (C=O) groups is 1. The Labute approximate surface area is 148 Å². The molecule has 0 saturated carbocycles. The molecule has 6 nitrogen and oxygen atoms in total. The van der Waals surface area contributed by atoms with Crippen LogP contribution in [0.1, 0.15) is 49.7 Å². The van der Waals surface area contributed by atoms with E-state index in [1.807, 2.05) is 13.8 Å². The van der Waals surface area contributed by atoms with Crippen molar-refractivity contribution in [3.63, 3.8) is 0 Å². The van der Waals surface area contributed by atoms with E-state index in [1.165, 1.54) is 17.5 Å². The van der Waals surface area contributed by atoms with Crippen molar-refractivity contribution < 1.29 is 14.6 Å². The van der Waals surface area contributed by atoms with Gasteiger partial charge in [0.05, 0.1) is 6.20 Å². The standard InChI is InChI=1S/C17H29N3O3S/c1-4-5-6-7-8-9-18-16(22)15-11-20-17(24-15)23-12-14(21)10-19-13(2)3/h6-7,11,13-14,19,21H,4-5,8-10,12H2,1-3H3,(H,18,22)/b7-6-. The largest absolute Gasteiger partial charge is 0.467 e. The van der Waals surface area contributed by atoms with E-state index in [4.69, 9.17) is 4.74 Å². The molecule has 0 aliphatic heterocycles. The van der Waals surface area contributed by atoms with Crippen LogP contribution in [-0.2, 0) is 0 Å². The third-order valence-electron chi connectivity index (χ3n) is 3.09. The molecule has 7 heteroatoms. The first-order valence-corrected chi connectivity index (χ1v) is 9.27. The van der Waals surface area contributed by atoms with Crippen molar-refractivity contribution in [2.75, 3.05) is 19.7 Å². The second-order valence-electron chi connectivity index (χ2n) is 5.82. The number of carbonyl (C=O) groups excluding carboxylic acids is 1. The van der Waals surface area contributed by atoms with Gasteiger partial charge < -0.3 is 20.5 Å². The molecule has 3 N–H and O–H groups in total.